The van der Waals surface area contributed by atoms with E-state index in [4.69, 9.17) is 4.74 Å². The van der Waals surface area contributed by atoms with Gasteiger partial charge in [0.25, 0.3) is 0 Å². The molecule has 16 heavy (non-hydrogen) atoms. The monoisotopic (exact) mass is 221 g/mol. The first-order chi connectivity index (χ1) is 7.84. The van der Waals surface area contributed by atoms with Crippen LogP contribution >= 0.6 is 0 Å². The normalized spacial score (nSPS) is 30.1. The van der Waals surface area contributed by atoms with Crippen molar-refractivity contribution in [2.45, 2.75) is 32.4 Å². The topological polar surface area (TPSA) is 39.1 Å². The Bertz CT molecular complexity index is 368. The Kier molecular flexibility index (Phi) is 2.69. The highest BCUT2D eigenvalue weighted by molar-refractivity contribution is 5.12. The Morgan fingerprint density at radius 1 is 1.56 bits per heavy atom. The van der Waals surface area contributed by atoms with Crippen LogP contribution in [0.2, 0.25) is 0 Å². The lowest BCUT2D eigenvalue weighted by Gasteiger charge is -2.27. The van der Waals surface area contributed by atoms with Gasteiger partial charge in [0.15, 0.2) is 0 Å². The van der Waals surface area contributed by atoms with E-state index in [0.717, 1.165) is 32.2 Å². The van der Waals surface area contributed by atoms with Gasteiger partial charge < -0.3 is 14.6 Å². The van der Waals surface area contributed by atoms with Gasteiger partial charge in [-0.3, -0.25) is 0 Å². The molecule has 1 N–H and O–H groups in total. The molecule has 4 heteroatoms. The van der Waals surface area contributed by atoms with E-state index in [-0.39, 0.29) is 6.04 Å². The third-order valence-corrected chi connectivity index (χ3v) is 3.59. The maximum absolute atomic E-state index is 5.51. The van der Waals surface area contributed by atoms with E-state index >= 15 is 0 Å². The number of imidazole rings is 1. The molecule has 4 nitrogen and oxygen atoms in total. The van der Waals surface area contributed by atoms with Crippen LogP contribution in [-0.2, 0) is 17.7 Å². The van der Waals surface area contributed by atoms with Gasteiger partial charge in [-0.05, 0) is 18.8 Å². The van der Waals surface area contributed by atoms with Crippen LogP contribution in [0.15, 0.2) is 6.20 Å². The van der Waals surface area contributed by atoms with E-state index in [9.17, 15) is 0 Å². The minimum Gasteiger partial charge on any atom is -0.378 e. The largest absolute Gasteiger partial charge is 0.378 e. The summed E-state index contributed by atoms with van der Waals surface area (Å²) < 4.78 is 7.90. The number of aromatic nitrogens is 2. The summed E-state index contributed by atoms with van der Waals surface area (Å²) in [6, 6.07) is 0.285. The first kappa shape index (κ1) is 10.3. The van der Waals surface area contributed by atoms with E-state index in [1.807, 2.05) is 6.20 Å². The Morgan fingerprint density at radius 3 is 3.31 bits per heavy atom. The van der Waals surface area contributed by atoms with Gasteiger partial charge in [0.2, 0.25) is 0 Å². The summed E-state index contributed by atoms with van der Waals surface area (Å²) in [5.41, 5.74) is 1.39. The lowest BCUT2D eigenvalue weighted by Crippen LogP contribution is -2.37. The highest BCUT2D eigenvalue weighted by Crippen LogP contribution is 2.24. The zero-order valence-corrected chi connectivity index (χ0v) is 9.78. The molecule has 2 unspecified atom stereocenters. The summed E-state index contributed by atoms with van der Waals surface area (Å²) in [5.74, 6) is 1.94. The van der Waals surface area contributed by atoms with Crippen molar-refractivity contribution in [3.63, 3.8) is 0 Å². The van der Waals surface area contributed by atoms with Crippen molar-refractivity contribution in [3.05, 3.63) is 17.7 Å². The van der Waals surface area contributed by atoms with Crippen molar-refractivity contribution in [1.29, 1.82) is 0 Å². The van der Waals surface area contributed by atoms with Crippen molar-refractivity contribution in [1.82, 2.24) is 14.9 Å². The highest BCUT2D eigenvalue weighted by Gasteiger charge is 2.25. The van der Waals surface area contributed by atoms with Crippen LogP contribution in [0.1, 0.15) is 30.9 Å². The van der Waals surface area contributed by atoms with Crippen LogP contribution in [0.25, 0.3) is 0 Å². The lowest BCUT2D eigenvalue weighted by atomic mass is 10.00. The second-order valence-electron chi connectivity index (χ2n) is 4.94. The molecule has 0 amide bonds. The molecule has 3 heterocycles. The van der Waals surface area contributed by atoms with Gasteiger partial charge in [-0.1, -0.05) is 6.92 Å². The number of nitrogens with zero attached hydrogens (tertiary/aromatic N) is 2. The number of ether oxygens (including phenoxy) is 1. The van der Waals surface area contributed by atoms with E-state index in [2.05, 4.69) is 21.8 Å². The molecule has 1 saturated heterocycles. The molecule has 2 aliphatic rings. The SMILES string of the molecule is CC1CCc2cnc(C3COCCN3)n2C1. The predicted molar refractivity (Wildman–Crippen MR) is 61.3 cm³/mol. The van der Waals surface area contributed by atoms with Gasteiger partial charge >= 0.3 is 0 Å². The van der Waals surface area contributed by atoms with Gasteiger partial charge in [0.05, 0.1) is 19.3 Å². The number of hydrogen-bond acceptors (Lipinski definition) is 3. The first-order valence-electron chi connectivity index (χ1n) is 6.20. The van der Waals surface area contributed by atoms with Gasteiger partial charge in [0, 0.05) is 25.0 Å². The number of morpholine rings is 1. The summed E-state index contributed by atoms with van der Waals surface area (Å²) in [6.07, 6.45) is 4.50. The molecule has 1 aromatic heterocycles. The van der Waals surface area contributed by atoms with E-state index in [0.29, 0.717) is 0 Å². The molecule has 1 aromatic rings. The fourth-order valence-corrected chi connectivity index (χ4v) is 2.64. The van der Waals surface area contributed by atoms with Crippen LogP contribution < -0.4 is 5.32 Å². The smallest absolute Gasteiger partial charge is 0.128 e. The fraction of sp³-hybridized carbons (Fsp3) is 0.750. The van der Waals surface area contributed by atoms with Crippen molar-refractivity contribution < 1.29 is 4.74 Å². The molecule has 2 atom stereocenters. The summed E-state index contributed by atoms with van der Waals surface area (Å²) >= 11 is 0. The molecule has 0 spiro atoms. The fourth-order valence-electron chi connectivity index (χ4n) is 2.64. The highest BCUT2D eigenvalue weighted by atomic mass is 16.5. The Morgan fingerprint density at radius 2 is 2.50 bits per heavy atom. The number of rotatable bonds is 1. The molecule has 0 aromatic carbocycles. The molecule has 0 radical (unpaired) electrons. The van der Waals surface area contributed by atoms with Crippen LogP contribution in [0.5, 0.6) is 0 Å². The second-order valence-corrected chi connectivity index (χ2v) is 4.94. The molecule has 3 rings (SSSR count). The van der Waals surface area contributed by atoms with E-state index in [1.165, 1.54) is 24.4 Å². The van der Waals surface area contributed by atoms with Gasteiger partial charge in [-0.25, -0.2) is 4.98 Å². The van der Waals surface area contributed by atoms with E-state index < -0.39 is 0 Å². The van der Waals surface area contributed by atoms with Crippen molar-refractivity contribution in [3.8, 4) is 0 Å². The van der Waals surface area contributed by atoms with Crippen molar-refractivity contribution in [2.24, 2.45) is 5.92 Å². The lowest BCUT2D eigenvalue weighted by molar-refractivity contribution is 0.0725. The quantitative estimate of drug-likeness (QED) is 0.772. The Hall–Kier alpha value is -0.870. The summed E-state index contributed by atoms with van der Waals surface area (Å²) in [5, 5.41) is 3.48. The predicted octanol–water partition coefficient (Wildman–Crippen LogP) is 1.13. The first-order valence-corrected chi connectivity index (χ1v) is 6.20. The summed E-state index contributed by atoms with van der Waals surface area (Å²) in [7, 11) is 0. The minimum absolute atomic E-state index is 0.285. The Labute approximate surface area is 96.0 Å². The van der Waals surface area contributed by atoms with E-state index in [1.54, 1.807) is 0 Å². The number of fused-ring (bicyclic) bond motifs is 1. The molecule has 2 aliphatic heterocycles. The average Bonchev–Trinajstić information content (AvgIpc) is 2.73. The summed E-state index contributed by atoms with van der Waals surface area (Å²) in [6.45, 7) is 5.94. The standard InChI is InChI=1S/C12H19N3O/c1-9-2-3-10-6-14-12(15(10)7-9)11-8-16-5-4-13-11/h6,9,11,13H,2-5,7-8H2,1H3. The van der Waals surface area contributed by atoms with Crippen molar-refractivity contribution in [2.75, 3.05) is 19.8 Å². The zero-order valence-electron chi connectivity index (χ0n) is 9.78. The Balaban J connectivity index is 1.86. The molecular formula is C12H19N3O. The van der Waals surface area contributed by atoms with Gasteiger partial charge in [0.1, 0.15) is 5.82 Å². The van der Waals surface area contributed by atoms with Crippen LogP contribution in [0, 0.1) is 5.92 Å². The molecule has 1 fully saturated rings. The minimum atomic E-state index is 0.285. The number of aryl methyl sites for hydroxylation is 1. The van der Waals surface area contributed by atoms with Crippen molar-refractivity contribution >= 4 is 0 Å². The summed E-state index contributed by atoms with van der Waals surface area (Å²) in [4.78, 5) is 4.58. The molecule has 0 saturated carbocycles. The second kappa shape index (κ2) is 4.18. The van der Waals surface area contributed by atoms with Gasteiger partial charge in [-0.2, -0.15) is 0 Å². The van der Waals surface area contributed by atoms with Crippen LogP contribution in [0.4, 0.5) is 0 Å². The maximum atomic E-state index is 5.51. The number of hydrogen-bond donors (Lipinski definition) is 1. The number of nitrogens with one attached hydrogen (secondary N) is 1. The molecule has 88 valence electrons. The third-order valence-electron chi connectivity index (χ3n) is 3.59. The van der Waals surface area contributed by atoms with Gasteiger partial charge in [-0.15, -0.1) is 0 Å². The third kappa shape index (κ3) is 1.76. The van der Waals surface area contributed by atoms with Crippen LogP contribution in [0.3, 0.4) is 0 Å². The van der Waals surface area contributed by atoms with Crippen LogP contribution in [-0.4, -0.2) is 29.3 Å². The molecule has 0 aliphatic carbocycles. The average molecular weight is 221 g/mol. The molecular weight excluding hydrogens is 202 g/mol. The maximum Gasteiger partial charge on any atom is 0.128 e. The molecule has 0 bridgehead atoms. The zero-order chi connectivity index (χ0) is 11.0.